The van der Waals surface area contributed by atoms with Crippen molar-refractivity contribution < 1.29 is 0 Å². The van der Waals surface area contributed by atoms with Crippen molar-refractivity contribution in [3.05, 3.63) is 39.9 Å². The number of hydrogen-bond donors (Lipinski definition) is 2. The third-order valence-electron chi connectivity index (χ3n) is 2.26. The molecule has 0 unspecified atom stereocenters. The van der Waals surface area contributed by atoms with Crippen molar-refractivity contribution >= 4 is 27.3 Å². The normalized spacial score (nSPS) is 11.6. The molecule has 2 nitrogen and oxygen atoms in total. The zero-order valence-electron chi connectivity index (χ0n) is 9.68. The van der Waals surface area contributed by atoms with Gasteiger partial charge >= 0.3 is 0 Å². The highest BCUT2D eigenvalue weighted by Gasteiger charge is 2.06. The molecule has 0 saturated heterocycles. The summed E-state index contributed by atoms with van der Waals surface area (Å²) in [5, 5.41) is 7.55. The van der Waals surface area contributed by atoms with Crippen LogP contribution in [-0.2, 0) is 6.42 Å². The Bertz CT molecular complexity index is 422. The molecule has 0 aromatic heterocycles. The summed E-state index contributed by atoms with van der Waals surface area (Å²) in [5.41, 5.74) is 9.60. The molecule has 0 bridgehead atoms. The van der Waals surface area contributed by atoms with Crippen molar-refractivity contribution in [3.8, 4) is 0 Å². The maximum absolute atomic E-state index is 7.55. The summed E-state index contributed by atoms with van der Waals surface area (Å²) in [4.78, 5) is 0. The van der Waals surface area contributed by atoms with Crippen LogP contribution in [-0.4, -0.2) is 5.71 Å². The van der Waals surface area contributed by atoms with Crippen LogP contribution in [0, 0.1) is 5.41 Å². The van der Waals surface area contributed by atoms with Gasteiger partial charge in [0.15, 0.2) is 0 Å². The highest BCUT2D eigenvalue weighted by atomic mass is 79.9. The lowest BCUT2D eigenvalue weighted by Crippen LogP contribution is -2.04. The third kappa shape index (κ3) is 3.49. The Kier molecular flexibility index (Phi) is 4.74. The lowest BCUT2D eigenvalue weighted by atomic mass is 10.00. The van der Waals surface area contributed by atoms with Gasteiger partial charge in [0.2, 0.25) is 0 Å². The molecule has 3 heteroatoms. The maximum atomic E-state index is 7.55. The summed E-state index contributed by atoms with van der Waals surface area (Å²) in [6.45, 7) is 3.87. The summed E-state index contributed by atoms with van der Waals surface area (Å²) in [6.07, 6.45) is 3.58. The first kappa shape index (κ1) is 13.0. The van der Waals surface area contributed by atoms with E-state index >= 15 is 0 Å². The Balaban J connectivity index is 3.17. The van der Waals surface area contributed by atoms with E-state index in [9.17, 15) is 0 Å². The molecule has 0 saturated carbocycles. The van der Waals surface area contributed by atoms with Gasteiger partial charge in [0.25, 0.3) is 0 Å². The summed E-state index contributed by atoms with van der Waals surface area (Å²) >= 11 is 3.45. The second kappa shape index (κ2) is 5.85. The van der Waals surface area contributed by atoms with Crippen LogP contribution in [0.5, 0.6) is 0 Å². The fourth-order valence-corrected chi connectivity index (χ4v) is 1.95. The standard InChI is InChI=1S/C13H17BrN2/c1-3-4-13(16)12-8-11(14)6-5-10(12)7-9(2)15/h4-6,8,15H,3,7,16H2,1-2H3. The van der Waals surface area contributed by atoms with Crippen LogP contribution in [0.1, 0.15) is 31.4 Å². The van der Waals surface area contributed by atoms with Gasteiger partial charge in [0.05, 0.1) is 0 Å². The number of nitrogens with two attached hydrogens (primary N) is 1. The molecule has 0 radical (unpaired) electrons. The number of benzene rings is 1. The number of rotatable bonds is 4. The Morgan fingerprint density at radius 1 is 1.50 bits per heavy atom. The van der Waals surface area contributed by atoms with Gasteiger partial charge in [-0.25, -0.2) is 0 Å². The van der Waals surface area contributed by atoms with Crippen LogP contribution in [0.25, 0.3) is 5.70 Å². The van der Waals surface area contributed by atoms with E-state index in [1.54, 1.807) is 0 Å². The van der Waals surface area contributed by atoms with Gasteiger partial charge in [-0.05, 0) is 31.0 Å². The molecular formula is C13H17BrN2. The molecule has 16 heavy (non-hydrogen) atoms. The second-order valence-corrected chi connectivity index (χ2v) is 4.74. The Morgan fingerprint density at radius 3 is 2.75 bits per heavy atom. The predicted octanol–water partition coefficient (Wildman–Crippen LogP) is 3.74. The van der Waals surface area contributed by atoms with Crippen LogP contribution >= 0.6 is 15.9 Å². The van der Waals surface area contributed by atoms with E-state index < -0.39 is 0 Å². The van der Waals surface area contributed by atoms with Crippen molar-refractivity contribution in [2.24, 2.45) is 5.73 Å². The van der Waals surface area contributed by atoms with Gasteiger partial charge in [-0.1, -0.05) is 35.0 Å². The van der Waals surface area contributed by atoms with E-state index in [2.05, 4.69) is 22.9 Å². The minimum Gasteiger partial charge on any atom is -0.398 e. The molecule has 86 valence electrons. The van der Waals surface area contributed by atoms with E-state index in [1.807, 2.05) is 31.2 Å². The van der Waals surface area contributed by atoms with Crippen LogP contribution in [0.2, 0.25) is 0 Å². The average molecular weight is 281 g/mol. The number of allylic oxidation sites excluding steroid dienone is 1. The van der Waals surface area contributed by atoms with Crippen LogP contribution in [0.3, 0.4) is 0 Å². The average Bonchev–Trinajstić information content (AvgIpc) is 2.20. The highest BCUT2D eigenvalue weighted by Crippen LogP contribution is 2.22. The summed E-state index contributed by atoms with van der Waals surface area (Å²) < 4.78 is 1.02. The molecular weight excluding hydrogens is 264 g/mol. The molecule has 0 heterocycles. The van der Waals surface area contributed by atoms with Gasteiger partial charge in [-0.3, -0.25) is 0 Å². The number of halogens is 1. The molecule has 0 atom stereocenters. The molecule has 1 aromatic carbocycles. The molecule has 0 fully saturated rings. The van der Waals surface area contributed by atoms with Gasteiger partial charge in [0.1, 0.15) is 0 Å². The summed E-state index contributed by atoms with van der Waals surface area (Å²) in [6, 6.07) is 6.02. The summed E-state index contributed by atoms with van der Waals surface area (Å²) in [7, 11) is 0. The molecule has 0 aliphatic carbocycles. The minimum absolute atomic E-state index is 0.646. The number of nitrogens with one attached hydrogen (secondary N) is 1. The van der Waals surface area contributed by atoms with Crippen molar-refractivity contribution in [1.29, 1.82) is 5.41 Å². The first-order chi connectivity index (χ1) is 7.54. The highest BCUT2D eigenvalue weighted by molar-refractivity contribution is 9.10. The van der Waals surface area contributed by atoms with Crippen LogP contribution in [0.15, 0.2) is 28.7 Å². The van der Waals surface area contributed by atoms with Crippen molar-refractivity contribution in [2.45, 2.75) is 26.7 Å². The quantitative estimate of drug-likeness (QED) is 0.811. The third-order valence-corrected chi connectivity index (χ3v) is 2.76. The van der Waals surface area contributed by atoms with Crippen molar-refractivity contribution in [2.75, 3.05) is 0 Å². The first-order valence-corrected chi connectivity index (χ1v) is 6.12. The van der Waals surface area contributed by atoms with Gasteiger partial charge in [-0.2, -0.15) is 0 Å². The van der Waals surface area contributed by atoms with Crippen molar-refractivity contribution in [1.82, 2.24) is 0 Å². The largest absolute Gasteiger partial charge is 0.398 e. The monoisotopic (exact) mass is 280 g/mol. The Morgan fingerprint density at radius 2 is 2.19 bits per heavy atom. The second-order valence-electron chi connectivity index (χ2n) is 3.83. The molecule has 1 rings (SSSR count). The zero-order valence-corrected chi connectivity index (χ0v) is 11.3. The van der Waals surface area contributed by atoms with E-state index in [1.165, 1.54) is 0 Å². The molecule has 1 aromatic rings. The fourth-order valence-electron chi connectivity index (χ4n) is 1.59. The smallest absolute Gasteiger partial charge is 0.0350 e. The Labute approximate surface area is 105 Å². The van der Waals surface area contributed by atoms with Crippen LogP contribution in [0.4, 0.5) is 0 Å². The van der Waals surface area contributed by atoms with Gasteiger partial charge in [-0.15, -0.1) is 0 Å². The first-order valence-electron chi connectivity index (χ1n) is 5.33. The molecule has 0 spiro atoms. The minimum atomic E-state index is 0.646. The van der Waals surface area contributed by atoms with E-state index in [-0.39, 0.29) is 0 Å². The Hall–Kier alpha value is -1.09. The van der Waals surface area contributed by atoms with Gasteiger partial charge < -0.3 is 11.1 Å². The SMILES string of the molecule is CCC=C(N)c1cc(Br)ccc1CC(C)=N. The van der Waals surface area contributed by atoms with Crippen LogP contribution < -0.4 is 5.73 Å². The molecule has 0 aliphatic heterocycles. The maximum Gasteiger partial charge on any atom is 0.0350 e. The van der Waals surface area contributed by atoms with E-state index in [0.717, 1.165) is 27.7 Å². The summed E-state index contributed by atoms with van der Waals surface area (Å²) in [5.74, 6) is 0. The number of hydrogen-bond acceptors (Lipinski definition) is 2. The van der Waals surface area contributed by atoms with Crippen molar-refractivity contribution in [3.63, 3.8) is 0 Å². The topological polar surface area (TPSA) is 49.9 Å². The zero-order chi connectivity index (χ0) is 12.1. The van der Waals surface area contributed by atoms with E-state index in [4.69, 9.17) is 11.1 Å². The lowest BCUT2D eigenvalue weighted by molar-refractivity contribution is 1.20. The van der Waals surface area contributed by atoms with Gasteiger partial charge in [0, 0.05) is 27.9 Å². The lowest BCUT2D eigenvalue weighted by Gasteiger charge is -2.10. The predicted molar refractivity (Wildman–Crippen MR) is 73.7 cm³/mol. The molecule has 3 N–H and O–H groups in total. The fraction of sp³-hybridized carbons (Fsp3) is 0.308. The molecule has 0 aliphatic rings. The molecule has 0 amide bonds. The van der Waals surface area contributed by atoms with E-state index in [0.29, 0.717) is 12.1 Å².